The molecule has 0 amide bonds. The molecule has 5 N–H and O–H groups in total. The summed E-state index contributed by atoms with van der Waals surface area (Å²) < 4.78 is 59.1. The van der Waals surface area contributed by atoms with E-state index in [-0.39, 0.29) is 61.3 Å². The molecule has 1 fully saturated rings. The van der Waals surface area contributed by atoms with E-state index in [2.05, 4.69) is 15.2 Å². The Kier molecular flexibility index (Phi) is 14.4. The predicted molar refractivity (Wildman–Crippen MR) is 185 cm³/mol. The molecule has 280 valence electrons. The smallest absolute Gasteiger partial charge is 0.459 e. The van der Waals surface area contributed by atoms with Crippen molar-refractivity contribution >= 4 is 44.5 Å². The molecule has 3 heterocycles. The van der Waals surface area contributed by atoms with Crippen LogP contribution in [0.2, 0.25) is 0 Å². The highest BCUT2D eigenvalue weighted by Crippen LogP contribution is 2.51. The fourth-order valence-corrected chi connectivity index (χ4v) is 6.43. The first-order valence-corrected chi connectivity index (χ1v) is 17.5. The number of nitrogens with one attached hydrogen (secondary N) is 1. The maximum atomic E-state index is 16.6. The third kappa shape index (κ3) is 9.95. The van der Waals surface area contributed by atoms with Crippen LogP contribution >= 0.6 is 21.2 Å². The minimum absolute atomic E-state index is 0. The Morgan fingerprint density at radius 2 is 1.75 bits per heavy atom. The van der Waals surface area contributed by atoms with E-state index >= 15 is 4.39 Å². The summed E-state index contributed by atoms with van der Waals surface area (Å²) in [5.74, 6) is -4.83. The van der Waals surface area contributed by atoms with E-state index in [0.717, 1.165) is 10.8 Å². The number of fused-ring (bicyclic) bond motifs is 1. The molecule has 1 saturated heterocycles. The van der Waals surface area contributed by atoms with Gasteiger partial charge in [0.05, 0.1) is 25.3 Å². The number of ether oxygens (including phenoxy) is 3. The lowest BCUT2D eigenvalue weighted by atomic mass is 9.92. The maximum absolute atomic E-state index is 16.6. The molecule has 1 unspecified atom stereocenters. The third-order valence-electron chi connectivity index (χ3n) is 7.78. The number of carbonyl (C=O) groups excluding carboxylic acids is 2. The second-order valence-electron chi connectivity index (χ2n) is 12.6. The molecule has 0 aliphatic carbocycles. The quantitative estimate of drug-likeness (QED) is 0.114. The average molecular weight is 755 g/mol. The number of aliphatic hydroxyl groups excluding tert-OH is 2. The normalized spacial score (nSPS) is 23.3. The molecule has 16 nitrogen and oxygen atoms in total. The lowest BCUT2D eigenvalue weighted by molar-refractivity contribution is -0.208. The Labute approximate surface area is 301 Å². The number of benzene rings is 1. The van der Waals surface area contributed by atoms with Crippen LogP contribution in [0.25, 0.3) is 5.52 Å². The van der Waals surface area contributed by atoms with Crippen LogP contribution in [0.15, 0.2) is 48.8 Å². The Morgan fingerprint density at radius 3 is 2.37 bits per heavy atom. The number of alkyl halides is 1. The van der Waals surface area contributed by atoms with E-state index in [1.165, 1.54) is 24.3 Å². The predicted octanol–water partition coefficient (Wildman–Crippen LogP) is 3.29. The summed E-state index contributed by atoms with van der Waals surface area (Å²) in [6, 6.07) is 10.3. The zero-order valence-electron chi connectivity index (χ0n) is 28.6. The number of para-hydroxylation sites is 1. The highest BCUT2D eigenvalue weighted by molar-refractivity contribution is 7.59. The Morgan fingerprint density at radius 1 is 1.10 bits per heavy atom. The van der Waals surface area contributed by atoms with Crippen molar-refractivity contribution in [1.82, 2.24) is 19.7 Å². The largest absolute Gasteiger partial charge is 0.466 e. The molecule has 0 spiro atoms. The number of aliphatic hydroxyl groups is 2. The number of nitrogen functional groups attached to an aromatic ring is 1. The van der Waals surface area contributed by atoms with Crippen molar-refractivity contribution in [3.8, 4) is 11.8 Å². The van der Waals surface area contributed by atoms with Crippen LogP contribution in [-0.2, 0) is 38.5 Å². The summed E-state index contributed by atoms with van der Waals surface area (Å²) in [6.45, 7) is 6.35. The maximum Gasteiger partial charge on any atom is 0.459 e. The van der Waals surface area contributed by atoms with E-state index in [9.17, 15) is 29.6 Å². The van der Waals surface area contributed by atoms with E-state index in [0.29, 0.717) is 12.8 Å². The van der Waals surface area contributed by atoms with Gasteiger partial charge in [-0.05, 0) is 48.9 Å². The summed E-state index contributed by atoms with van der Waals surface area (Å²) in [7, 11) is -4.89. The standard InChI is InChI=1S/C32H42FN6O10P.H2S/c1-20(2)12-14-45-26(40)16-23(30(43)46-15-13-21(3)4)38-50(44,48-22-8-6-5-7-9-22)47-18-32(33)28(42)27(41)31(17-34,49-32)25-11-10-24-29(35)36-19-37-39(24)25;/h5-11,19-21,23,27-28,41-42H,12-16,18H2,1-4H3,(H,38,44)(H2,35,36,37);1H2/t23-,27+,28-,31-,32+,50?;/m0./s1. The summed E-state index contributed by atoms with van der Waals surface area (Å²) in [4.78, 5) is 29.8. The van der Waals surface area contributed by atoms with E-state index in [1.54, 1.807) is 24.3 Å². The fourth-order valence-electron chi connectivity index (χ4n) is 4.93. The summed E-state index contributed by atoms with van der Waals surface area (Å²) in [5, 5.41) is 38.5. The first-order valence-electron chi connectivity index (χ1n) is 16.0. The van der Waals surface area contributed by atoms with Crippen LogP contribution in [-0.4, -0.2) is 80.7 Å². The zero-order chi connectivity index (χ0) is 36.7. The molecule has 0 radical (unpaired) electrons. The lowest BCUT2D eigenvalue weighted by Crippen LogP contribution is -2.45. The van der Waals surface area contributed by atoms with Gasteiger partial charge in [-0.25, -0.2) is 18.5 Å². The SMILES string of the molecule is CC(C)CCOC(=O)C[C@H](NP(=O)(OC[C@@]1(F)O[C@@](C#N)(c2ccc3c(N)ncnn23)[C@H](O)[C@@H]1O)Oc1ccccc1)C(=O)OCCC(C)C.S. The average Bonchev–Trinajstić information content (AvgIpc) is 3.59. The number of aromatic nitrogens is 3. The second kappa shape index (κ2) is 17.6. The molecule has 0 saturated carbocycles. The molecule has 4 rings (SSSR count). The van der Waals surface area contributed by atoms with Crippen LogP contribution < -0.4 is 15.3 Å². The van der Waals surface area contributed by atoms with Gasteiger partial charge in [0, 0.05) is 0 Å². The van der Waals surface area contributed by atoms with Gasteiger partial charge in [0.1, 0.15) is 48.5 Å². The molecule has 51 heavy (non-hydrogen) atoms. The monoisotopic (exact) mass is 754 g/mol. The highest BCUT2D eigenvalue weighted by atomic mass is 32.1. The van der Waals surface area contributed by atoms with Gasteiger partial charge >= 0.3 is 19.7 Å². The Balaban J connectivity index is 0.00000702. The number of esters is 2. The number of hydrogen-bond donors (Lipinski definition) is 4. The number of nitriles is 1. The van der Waals surface area contributed by atoms with Gasteiger partial charge in [0.25, 0.3) is 5.85 Å². The number of rotatable bonds is 17. The molecule has 0 bridgehead atoms. The van der Waals surface area contributed by atoms with Gasteiger partial charge in [-0.3, -0.25) is 14.1 Å². The summed E-state index contributed by atoms with van der Waals surface area (Å²) in [5.41, 5.74) is 3.32. The molecule has 1 aliphatic rings. The number of halogens is 1. The highest BCUT2D eigenvalue weighted by Gasteiger charge is 2.66. The molecule has 3 aromatic rings. The third-order valence-corrected chi connectivity index (χ3v) is 9.33. The van der Waals surface area contributed by atoms with Crippen LogP contribution in [0.4, 0.5) is 10.2 Å². The topological polar surface area (TPSA) is 230 Å². The van der Waals surface area contributed by atoms with Crippen molar-refractivity contribution in [3.05, 3.63) is 54.5 Å². The second-order valence-corrected chi connectivity index (χ2v) is 14.3. The van der Waals surface area contributed by atoms with E-state index < -0.39 is 62.4 Å². The van der Waals surface area contributed by atoms with Gasteiger partial charge in [0.2, 0.25) is 5.60 Å². The van der Waals surface area contributed by atoms with Crippen molar-refractivity contribution < 1.29 is 52.0 Å². The van der Waals surface area contributed by atoms with E-state index in [1.807, 2.05) is 27.7 Å². The minimum atomic E-state index is -4.89. The number of anilines is 1. The van der Waals surface area contributed by atoms with Crippen molar-refractivity contribution in [1.29, 1.82) is 5.26 Å². The first kappa shape index (κ1) is 41.6. The van der Waals surface area contributed by atoms with Gasteiger partial charge in [-0.15, -0.1) is 0 Å². The van der Waals surface area contributed by atoms with Crippen LogP contribution in [0.5, 0.6) is 5.75 Å². The molecular formula is C32H44FN6O10PS. The van der Waals surface area contributed by atoms with Crippen molar-refractivity contribution in [2.75, 3.05) is 25.6 Å². The van der Waals surface area contributed by atoms with E-state index in [4.69, 9.17) is 29.0 Å². The first-order chi connectivity index (χ1) is 23.6. The molecule has 19 heteroatoms. The zero-order valence-corrected chi connectivity index (χ0v) is 30.5. The number of nitrogens with two attached hydrogens (primary N) is 1. The van der Waals surface area contributed by atoms with Crippen LogP contribution in [0.1, 0.15) is 52.7 Å². The molecule has 6 atom stereocenters. The van der Waals surface area contributed by atoms with Crippen molar-refractivity contribution in [2.45, 2.75) is 76.7 Å². The summed E-state index contributed by atoms with van der Waals surface area (Å²) >= 11 is 0. The fraction of sp³-hybridized carbons (Fsp3) is 0.531. The number of carbonyl (C=O) groups is 2. The van der Waals surface area contributed by atoms with Crippen LogP contribution in [0, 0.1) is 23.2 Å². The number of hydrogen-bond acceptors (Lipinski definition) is 14. The van der Waals surface area contributed by atoms with Gasteiger partial charge < -0.3 is 34.7 Å². The molecule has 1 aromatic carbocycles. The van der Waals surface area contributed by atoms with Crippen molar-refractivity contribution in [3.63, 3.8) is 0 Å². The van der Waals surface area contributed by atoms with Gasteiger partial charge in [-0.2, -0.15) is 28.9 Å². The van der Waals surface area contributed by atoms with Crippen molar-refractivity contribution in [2.24, 2.45) is 11.8 Å². The van der Waals surface area contributed by atoms with Crippen LogP contribution in [0.3, 0.4) is 0 Å². The minimum Gasteiger partial charge on any atom is -0.466 e. The molecule has 2 aromatic heterocycles. The van der Waals surface area contributed by atoms with Gasteiger partial charge in [0.15, 0.2) is 5.82 Å². The Bertz CT molecular complexity index is 1730. The Hall–Kier alpha value is -3.82. The summed E-state index contributed by atoms with van der Waals surface area (Å²) in [6.07, 6.45) is -3.21. The molecule has 1 aliphatic heterocycles. The van der Waals surface area contributed by atoms with Gasteiger partial charge in [-0.1, -0.05) is 45.9 Å². The number of nitrogens with zero attached hydrogens (tertiary/aromatic N) is 4. The lowest BCUT2D eigenvalue weighted by Gasteiger charge is -2.28. The molecular weight excluding hydrogens is 710 g/mol.